The quantitative estimate of drug-likeness (QED) is 0.498. The molecule has 0 spiro atoms. The molecule has 1 aliphatic carbocycles. The average Bonchev–Trinajstić information content (AvgIpc) is 1.72. The van der Waals surface area contributed by atoms with Gasteiger partial charge in [-0.25, -0.2) is 0 Å². The summed E-state index contributed by atoms with van der Waals surface area (Å²) >= 11 is 1.94. The Balaban J connectivity index is 1.92. The Morgan fingerprint density at radius 3 is 2.50 bits per heavy atom. The van der Waals surface area contributed by atoms with Crippen LogP contribution < -0.4 is 4.72 Å². The molecule has 1 heterocycles. The van der Waals surface area contributed by atoms with Crippen LogP contribution in [0.25, 0.3) is 0 Å². The van der Waals surface area contributed by atoms with Gasteiger partial charge in [-0.3, -0.25) is 4.72 Å². The summed E-state index contributed by atoms with van der Waals surface area (Å²) in [6, 6.07) is 0.897. The first-order chi connectivity index (χ1) is 3.97. The second-order valence-electron chi connectivity index (χ2n) is 2.67. The highest BCUT2D eigenvalue weighted by molar-refractivity contribution is 7.99. The van der Waals surface area contributed by atoms with E-state index >= 15 is 0 Å². The van der Waals surface area contributed by atoms with Gasteiger partial charge in [0.05, 0.1) is 0 Å². The fraction of sp³-hybridized carbons (Fsp3) is 1.00. The Morgan fingerprint density at radius 2 is 2.12 bits per heavy atom. The molecule has 2 heteroatoms. The smallest absolute Gasteiger partial charge is 0.0355 e. The van der Waals surface area contributed by atoms with E-state index in [1.807, 2.05) is 11.9 Å². The molecule has 2 atom stereocenters. The van der Waals surface area contributed by atoms with E-state index in [0.29, 0.717) is 0 Å². The molecule has 0 aromatic heterocycles. The minimum absolute atomic E-state index is 0.897. The van der Waals surface area contributed by atoms with Gasteiger partial charge in [-0.2, -0.15) is 0 Å². The molecule has 0 radical (unpaired) electrons. The molecule has 2 fully saturated rings. The fourth-order valence-corrected chi connectivity index (χ4v) is 2.53. The summed E-state index contributed by atoms with van der Waals surface area (Å²) in [5, 5.41) is 0.990. The van der Waals surface area contributed by atoms with Gasteiger partial charge < -0.3 is 0 Å². The van der Waals surface area contributed by atoms with Crippen molar-refractivity contribution in [2.75, 3.05) is 0 Å². The molecule has 0 aromatic carbocycles. The second kappa shape index (κ2) is 1.92. The molecule has 1 N–H and O–H groups in total. The maximum atomic E-state index is 3.36. The van der Waals surface area contributed by atoms with E-state index in [9.17, 15) is 0 Å². The minimum Gasteiger partial charge on any atom is -0.260 e. The van der Waals surface area contributed by atoms with Crippen LogP contribution in [0.1, 0.15) is 25.7 Å². The van der Waals surface area contributed by atoms with Crippen LogP contribution in [0.5, 0.6) is 0 Å². The Hall–Kier alpha value is 0.310. The first-order valence-corrected chi connectivity index (χ1v) is 4.26. The lowest BCUT2D eigenvalue weighted by Gasteiger charge is -2.40. The molecule has 0 bridgehead atoms. The number of hydrogen-bond acceptors (Lipinski definition) is 2. The van der Waals surface area contributed by atoms with Gasteiger partial charge in [0.25, 0.3) is 0 Å². The van der Waals surface area contributed by atoms with Gasteiger partial charge in [0.1, 0.15) is 0 Å². The Bertz CT molecular complexity index is 82.5. The summed E-state index contributed by atoms with van der Waals surface area (Å²) in [6.07, 6.45) is 5.81. The lowest BCUT2D eigenvalue weighted by Crippen LogP contribution is -2.47. The summed E-state index contributed by atoms with van der Waals surface area (Å²) in [4.78, 5) is 0. The van der Waals surface area contributed by atoms with E-state index in [-0.39, 0.29) is 0 Å². The number of fused-ring (bicyclic) bond motifs is 1. The lowest BCUT2D eigenvalue weighted by atomic mass is 9.95. The first kappa shape index (κ1) is 5.12. The van der Waals surface area contributed by atoms with Gasteiger partial charge in [0.2, 0.25) is 0 Å². The van der Waals surface area contributed by atoms with E-state index in [4.69, 9.17) is 0 Å². The van der Waals surface area contributed by atoms with Crippen LogP contribution in [0.15, 0.2) is 0 Å². The van der Waals surface area contributed by atoms with Crippen molar-refractivity contribution in [1.29, 1.82) is 0 Å². The van der Waals surface area contributed by atoms with Crippen molar-refractivity contribution in [3.63, 3.8) is 0 Å². The van der Waals surface area contributed by atoms with Crippen LogP contribution >= 0.6 is 11.9 Å². The summed E-state index contributed by atoms with van der Waals surface area (Å²) in [5.74, 6) is 0. The number of rotatable bonds is 0. The number of nitrogens with one attached hydrogen (secondary N) is 1. The summed E-state index contributed by atoms with van der Waals surface area (Å²) in [5.41, 5.74) is 0. The van der Waals surface area contributed by atoms with E-state index < -0.39 is 0 Å². The molecule has 2 rings (SSSR count). The normalized spacial score (nSPS) is 45.0. The van der Waals surface area contributed by atoms with E-state index in [1.165, 1.54) is 25.7 Å². The highest BCUT2D eigenvalue weighted by Crippen LogP contribution is 2.35. The maximum absolute atomic E-state index is 3.36. The topological polar surface area (TPSA) is 12.0 Å². The summed E-state index contributed by atoms with van der Waals surface area (Å²) in [7, 11) is 0. The Kier molecular flexibility index (Phi) is 1.23. The van der Waals surface area contributed by atoms with Gasteiger partial charge in [-0.15, -0.1) is 0 Å². The van der Waals surface area contributed by atoms with Crippen molar-refractivity contribution in [1.82, 2.24) is 4.72 Å². The van der Waals surface area contributed by atoms with Crippen molar-refractivity contribution in [2.45, 2.75) is 37.0 Å². The van der Waals surface area contributed by atoms with Crippen LogP contribution in [0.3, 0.4) is 0 Å². The van der Waals surface area contributed by atoms with Gasteiger partial charge in [-0.1, -0.05) is 24.8 Å². The zero-order valence-corrected chi connectivity index (χ0v) is 5.71. The Morgan fingerprint density at radius 1 is 1.25 bits per heavy atom. The highest BCUT2D eigenvalue weighted by Gasteiger charge is 2.32. The molecule has 2 aliphatic rings. The standard InChI is InChI=1S/C6H11NS/c1-2-4-6-5(3-1)7-8-6/h5-7H,1-4H2. The minimum atomic E-state index is 0.897. The van der Waals surface area contributed by atoms with Gasteiger partial charge in [0.15, 0.2) is 0 Å². The average molecular weight is 129 g/mol. The fourth-order valence-electron chi connectivity index (χ4n) is 1.48. The summed E-state index contributed by atoms with van der Waals surface area (Å²) in [6.45, 7) is 0. The molecule has 2 unspecified atom stereocenters. The molecular formula is C6H11NS. The van der Waals surface area contributed by atoms with Crippen molar-refractivity contribution in [3.05, 3.63) is 0 Å². The highest BCUT2D eigenvalue weighted by atomic mass is 32.2. The zero-order chi connectivity index (χ0) is 5.40. The molecule has 0 aromatic rings. The van der Waals surface area contributed by atoms with Crippen LogP contribution in [-0.2, 0) is 0 Å². The van der Waals surface area contributed by atoms with Crippen LogP contribution in [0.2, 0.25) is 0 Å². The van der Waals surface area contributed by atoms with Crippen molar-refractivity contribution >= 4 is 11.9 Å². The molecule has 1 nitrogen and oxygen atoms in total. The summed E-state index contributed by atoms with van der Waals surface area (Å²) < 4.78 is 3.36. The largest absolute Gasteiger partial charge is 0.260 e. The third-order valence-electron chi connectivity index (χ3n) is 2.07. The SMILES string of the molecule is C1CCC2SNC2C1. The third-order valence-corrected chi connectivity index (χ3v) is 3.38. The second-order valence-corrected chi connectivity index (χ2v) is 3.74. The monoisotopic (exact) mass is 129 g/mol. The van der Waals surface area contributed by atoms with E-state index in [2.05, 4.69) is 4.72 Å². The van der Waals surface area contributed by atoms with Crippen LogP contribution in [-0.4, -0.2) is 11.3 Å². The van der Waals surface area contributed by atoms with Crippen LogP contribution in [0, 0.1) is 0 Å². The Labute approximate surface area is 54.4 Å². The predicted molar refractivity (Wildman–Crippen MR) is 36.8 cm³/mol. The lowest BCUT2D eigenvalue weighted by molar-refractivity contribution is 0.404. The van der Waals surface area contributed by atoms with E-state index in [1.54, 1.807) is 0 Å². The van der Waals surface area contributed by atoms with Crippen molar-refractivity contribution < 1.29 is 0 Å². The van der Waals surface area contributed by atoms with Gasteiger partial charge in [-0.05, 0) is 12.8 Å². The number of hydrogen-bond donors (Lipinski definition) is 1. The zero-order valence-electron chi connectivity index (χ0n) is 4.89. The van der Waals surface area contributed by atoms with Gasteiger partial charge in [0, 0.05) is 11.3 Å². The molecule has 8 heavy (non-hydrogen) atoms. The van der Waals surface area contributed by atoms with Crippen molar-refractivity contribution in [3.8, 4) is 0 Å². The molecular weight excluding hydrogens is 118 g/mol. The van der Waals surface area contributed by atoms with Crippen LogP contribution in [0.4, 0.5) is 0 Å². The maximum Gasteiger partial charge on any atom is 0.0355 e. The molecule has 46 valence electrons. The third kappa shape index (κ3) is 0.669. The predicted octanol–water partition coefficient (Wildman–Crippen LogP) is 1.55. The van der Waals surface area contributed by atoms with E-state index in [0.717, 1.165) is 11.3 Å². The first-order valence-electron chi connectivity index (χ1n) is 3.38. The van der Waals surface area contributed by atoms with Crippen molar-refractivity contribution in [2.24, 2.45) is 0 Å². The molecule has 1 aliphatic heterocycles. The molecule has 1 saturated heterocycles. The molecule has 1 saturated carbocycles. The van der Waals surface area contributed by atoms with Gasteiger partial charge >= 0.3 is 0 Å². The molecule has 0 amide bonds.